The summed E-state index contributed by atoms with van der Waals surface area (Å²) < 4.78 is 1.76. The first-order valence-electron chi connectivity index (χ1n) is 7.85. The molecule has 0 saturated heterocycles. The minimum Gasteiger partial charge on any atom is -0.349 e. The normalized spacial score (nSPS) is 13.8. The Balaban J connectivity index is 1.63. The van der Waals surface area contributed by atoms with Crippen LogP contribution in [0.4, 0.5) is 0 Å². The molecular weight excluding hydrogens is 300 g/mol. The van der Waals surface area contributed by atoms with Crippen LogP contribution in [0, 0.1) is 0 Å². The van der Waals surface area contributed by atoms with Gasteiger partial charge >= 0.3 is 0 Å². The first-order valence-corrected chi connectivity index (χ1v) is 7.85. The molecule has 0 atom stereocenters. The van der Waals surface area contributed by atoms with Crippen molar-refractivity contribution in [1.29, 1.82) is 0 Å². The Morgan fingerprint density at radius 2 is 1.96 bits per heavy atom. The summed E-state index contributed by atoms with van der Waals surface area (Å²) in [7, 11) is 0. The minimum absolute atomic E-state index is 0.0711. The van der Waals surface area contributed by atoms with Gasteiger partial charge in [0.2, 0.25) is 0 Å². The molecule has 0 saturated carbocycles. The zero-order valence-corrected chi connectivity index (χ0v) is 13.0. The number of carbonyl (C=O) groups is 1. The molecule has 0 bridgehead atoms. The molecule has 3 heterocycles. The Morgan fingerprint density at radius 3 is 2.79 bits per heavy atom. The number of hydrogen-bond acceptors (Lipinski definition) is 3. The first kappa shape index (κ1) is 14.4. The second-order valence-corrected chi connectivity index (χ2v) is 5.61. The van der Waals surface area contributed by atoms with Crippen molar-refractivity contribution >= 4 is 18.1 Å². The van der Waals surface area contributed by atoms with Crippen molar-refractivity contribution < 1.29 is 4.79 Å². The van der Waals surface area contributed by atoms with E-state index in [0.29, 0.717) is 18.8 Å². The van der Waals surface area contributed by atoms with E-state index < -0.39 is 0 Å². The molecule has 3 aromatic rings. The number of amides is 1. The minimum atomic E-state index is -0.0711. The van der Waals surface area contributed by atoms with Gasteiger partial charge in [0.05, 0.1) is 17.9 Å². The van der Waals surface area contributed by atoms with Gasteiger partial charge in [-0.2, -0.15) is 5.10 Å². The predicted octanol–water partition coefficient (Wildman–Crippen LogP) is 2.86. The average Bonchev–Trinajstić information content (AvgIpc) is 3.07. The lowest BCUT2D eigenvalue weighted by atomic mass is 10.1. The number of rotatable bonds is 3. The van der Waals surface area contributed by atoms with E-state index in [0.717, 1.165) is 22.5 Å². The zero-order valence-electron chi connectivity index (χ0n) is 13.0. The van der Waals surface area contributed by atoms with Crippen LogP contribution in [-0.4, -0.2) is 27.2 Å². The Hall–Kier alpha value is -3.21. The van der Waals surface area contributed by atoms with Crippen molar-refractivity contribution in [3.05, 3.63) is 71.7 Å². The number of aromatic nitrogens is 3. The molecule has 0 fully saturated rings. The summed E-state index contributed by atoms with van der Waals surface area (Å²) in [6, 6.07) is 15.8. The molecule has 5 nitrogen and oxygen atoms in total. The van der Waals surface area contributed by atoms with Crippen LogP contribution < -0.4 is 5.32 Å². The molecule has 5 heteroatoms. The highest BCUT2D eigenvalue weighted by atomic mass is 16.2. The molecule has 0 unspecified atom stereocenters. The van der Waals surface area contributed by atoms with Gasteiger partial charge < -0.3 is 5.32 Å². The number of hydrogen-bond donors (Lipinski definition) is 1. The van der Waals surface area contributed by atoms with E-state index in [4.69, 9.17) is 0 Å². The molecular formula is C19H16N4O. The molecule has 1 N–H and O–H groups in total. The Kier molecular flexibility index (Phi) is 3.67. The van der Waals surface area contributed by atoms with Gasteiger partial charge in [-0.1, -0.05) is 36.4 Å². The van der Waals surface area contributed by atoms with Crippen molar-refractivity contribution in [2.24, 2.45) is 0 Å². The molecule has 2 aromatic heterocycles. The molecule has 1 aliphatic heterocycles. The fraction of sp³-hybridized carbons (Fsp3) is 0.105. The lowest BCUT2D eigenvalue weighted by Gasteiger charge is -2.13. The zero-order chi connectivity index (χ0) is 16.4. The maximum absolute atomic E-state index is 11.9. The van der Waals surface area contributed by atoms with E-state index in [1.165, 1.54) is 0 Å². The quantitative estimate of drug-likeness (QED) is 0.808. The number of fused-ring (bicyclic) bond motifs is 1. The van der Waals surface area contributed by atoms with Gasteiger partial charge in [-0.05, 0) is 29.8 Å². The van der Waals surface area contributed by atoms with Crippen LogP contribution in [0.1, 0.15) is 21.7 Å². The largest absolute Gasteiger partial charge is 0.349 e. The standard InChI is InChI=1S/C19H16N4O/c24-19-18-13-17(22-23(18)11-10-21-19)15-8-9-20-16(12-15)7-6-14-4-2-1-3-5-14/h1-9,12-13H,10-11H2,(H,21,24). The monoisotopic (exact) mass is 316 g/mol. The maximum atomic E-state index is 11.9. The van der Waals surface area contributed by atoms with Crippen molar-refractivity contribution in [2.75, 3.05) is 6.54 Å². The van der Waals surface area contributed by atoms with E-state index in [9.17, 15) is 4.79 Å². The van der Waals surface area contributed by atoms with Crippen LogP contribution in [0.3, 0.4) is 0 Å². The van der Waals surface area contributed by atoms with Crippen molar-refractivity contribution in [3.8, 4) is 11.3 Å². The van der Waals surface area contributed by atoms with E-state index >= 15 is 0 Å². The van der Waals surface area contributed by atoms with Crippen molar-refractivity contribution in [2.45, 2.75) is 6.54 Å². The summed E-state index contributed by atoms with van der Waals surface area (Å²) in [5.41, 5.74) is 4.33. The SMILES string of the molecule is O=C1NCCn2nc(-c3ccnc(C=Cc4ccccc4)c3)cc21. The summed E-state index contributed by atoms with van der Waals surface area (Å²) >= 11 is 0. The number of nitrogens with zero attached hydrogens (tertiary/aromatic N) is 3. The van der Waals surface area contributed by atoms with Crippen LogP contribution in [0.15, 0.2) is 54.7 Å². The van der Waals surface area contributed by atoms with E-state index in [1.54, 1.807) is 10.9 Å². The van der Waals surface area contributed by atoms with Crippen LogP contribution in [0.5, 0.6) is 0 Å². The first-order chi connectivity index (χ1) is 11.8. The van der Waals surface area contributed by atoms with Gasteiger partial charge in [-0.25, -0.2) is 0 Å². The molecule has 1 aromatic carbocycles. The van der Waals surface area contributed by atoms with Crippen molar-refractivity contribution in [1.82, 2.24) is 20.1 Å². The molecule has 4 rings (SSSR count). The van der Waals surface area contributed by atoms with Gasteiger partial charge in [0.25, 0.3) is 5.91 Å². The van der Waals surface area contributed by atoms with Gasteiger partial charge in [0, 0.05) is 18.3 Å². The molecule has 118 valence electrons. The highest BCUT2D eigenvalue weighted by Crippen LogP contribution is 2.21. The predicted molar refractivity (Wildman–Crippen MR) is 93.2 cm³/mol. The summed E-state index contributed by atoms with van der Waals surface area (Å²) in [4.78, 5) is 16.2. The molecule has 0 spiro atoms. The van der Waals surface area contributed by atoms with Gasteiger partial charge in [-0.15, -0.1) is 0 Å². The summed E-state index contributed by atoms with van der Waals surface area (Å²) in [5.74, 6) is -0.0711. The molecule has 0 radical (unpaired) electrons. The average molecular weight is 316 g/mol. The summed E-state index contributed by atoms with van der Waals surface area (Å²) in [6.45, 7) is 1.32. The smallest absolute Gasteiger partial charge is 0.269 e. The highest BCUT2D eigenvalue weighted by molar-refractivity contribution is 5.94. The van der Waals surface area contributed by atoms with Gasteiger partial charge in [0.15, 0.2) is 0 Å². The van der Waals surface area contributed by atoms with Gasteiger partial charge in [0.1, 0.15) is 5.69 Å². The highest BCUT2D eigenvalue weighted by Gasteiger charge is 2.19. The number of benzene rings is 1. The van der Waals surface area contributed by atoms with Gasteiger partial charge in [-0.3, -0.25) is 14.5 Å². The van der Waals surface area contributed by atoms with E-state index in [1.807, 2.05) is 60.7 Å². The fourth-order valence-electron chi connectivity index (χ4n) is 2.72. The topological polar surface area (TPSA) is 59.8 Å². The lowest BCUT2D eigenvalue weighted by Crippen LogP contribution is -2.35. The lowest BCUT2D eigenvalue weighted by molar-refractivity contribution is 0.0924. The van der Waals surface area contributed by atoms with Crippen LogP contribution in [0.2, 0.25) is 0 Å². The fourth-order valence-corrected chi connectivity index (χ4v) is 2.72. The summed E-state index contributed by atoms with van der Waals surface area (Å²) in [6.07, 6.45) is 5.76. The molecule has 1 amide bonds. The van der Waals surface area contributed by atoms with Crippen molar-refractivity contribution in [3.63, 3.8) is 0 Å². The Morgan fingerprint density at radius 1 is 1.08 bits per heavy atom. The third-order valence-corrected chi connectivity index (χ3v) is 3.94. The number of nitrogens with one attached hydrogen (secondary N) is 1. The van der Waals surface area contributed by atoms with Crippen LogP contribution in [-0.2, 0) is 6.54 Å². The maximum Gasteiger partial charge on any atom is 0.269 e. The molecule has 1 aliphatic rings. The molecule has 24 heavy (non-hydrogen) atoms. The third kappa shape index (κ3) is 2.84. The van der Waals surface area contributed by atoms with Crippen LogP contribution in [0.25, 0.3) is 23.4 Å². The van der Waals surface area contributed by atoms with E-state index in [-0.39, 0.29) is 5.91 Å². The Labute approximate surface area is 139 Å². The van der Waals surface area contributed by atoms with Crippen LogP contribution >= 0.6 is 0 Å². The molecule has 0 aliphatic carbocycles. The third-order valence-electron chi connectivity index (χ3n) is 3.94. The summed E-state index contributed by atoms with van der Waals surface area (Å²) in [5, 5.41) is 7.36. The second-order valence-electron chi connectivity index (χ2n) is 5.61. The van der Waals surface area contributed by atoms with E-state index in [2.05, 4.69) is 15.4 Å². The Bertz CT molecular complexity index is 912. The number of carbonyl (C=O) groups excluding carboxylic acids is 1. The number of pyridine rings is 1. The second kappa shape index (κ2) is 6.12.